The van der Waals surface area contributed by atoms with E-state index in [4.69, 9.17) is 15.2 Å². The van der Waals surface area contributed by atoms with Gasteiger partial charge in [0, 0.05) is 12.8 Å². The van der Waals surface area contributed by atoms with E-state index in [-0.39, 0.29) is 18.5 Å². The third-order valence-electron chi connectivity index (χ3n) is 2.61. The standard InChI is InChI=1S/C14H19NO4/c1-18-12-8-6-11(7-9-12)10-19-14(17)5-3-2-4-13(15)16/h6-9H,2-5,10H2,1H3,(H2,15,16). The molecule has 5 heteroatoms. The first kappa shape index (κ1) is 15.0. The number of esters is 1. The zero-order valence-corrected chi connectivity index (χ0v) is 11.1. The largest absolute Gasteiger partial charge is 0.497 e. The van der Waals surface area contributed by atoms with Crippen LogP contribution in [0.5, 0.6) is 5.75 Å². The lowest BCUT2D eigenvalue weighted by molar-refractivity contribution is -0.145. The number of methoxy groups -OCH3 is 1. The van der Waals surface area contributed by atoms with Gasteiger partial charge in [0.05, 0.1) is 7.11 Å². The minimum Gasteiger partial charge on any atom is -0.497 e. The monoisotopic (exact) mass is 265 g/mol. The maximum atomic E-state index is 11.4. The second-order valence-corrected chi connectivity index (χ2v) is 4.18. The minimum absolute atomic E-state index is 0.249. The SMILES string of the molecule is COc1ccc(COC(=O)CCCCC(N)=O)cc1. The van der Waals surface area contributed by atoms with E-state index in [1.165, 1.54) is 0 Å². The molecule has 2 N–H and O–H groups in total. The van der Waals surface area contributed by atoms with Gasteiger partial charge >= 0.3 is 5.97 Å². The Hall–Kier alpha value is -2.04. The van der Waals surface area contributed by atoms with Crippen molar-refractivity contribution in [3.8, 4) is 5.75 Å². The predicted octanol–water partition coefficient (Wildman–Crippen LogP) is 1.78. The number of unbranched alkanes of at least 4 members (excludes halogenated alkanes) is 1. The van der Waals surface area contributed by atoms with E-state index < -0.39 is 0 Å². The normalized spacial score (nSPS) is 9.95. The van der Waals surface area contributed by atoms with Crippen LogP contribution in [0.3, 0.4) is 0 Å². The summed E-state index contributed by atoms with van der Waals surface area (Å²) in [5.41, 5.74) is 5.91. The van der Waals surface area contributed by atoms with Crippen LogP contribution in [0, 0.1) is 0 Å². The molecule has 0 aliphatic heterocycles. The molecule has 0 saturated carbocycles. The number of primary amides is 1. The molecule has 0 saturated heterocycles. The van der Waals surface area contributed by atoms with Crippen LogP contribution in [0.2, 0.25) is 0 Å². The molecule has 1 rings (SSSR count). The van der Waals surface area contributed by atoms with Gasteiger partial charge in [-0.3, -0.25) is 9.59 Å². The lowest BCUT2D eigenvalue weighted by atomic mass is 10.2. The highest BCUT2D eigenvalue weighted by atomic mass is 16.5. The van der Waals surface area contributed by atoms with Crippen molar-refractivity contribution >= 4 is 11.9 Å². The summed E-state index contributed by atoms with van der Waals surface area (Å²) >= 11 is 0. The van der Waals surface area contributed by atoms with Gasteiger partial charge in [-0.05, 0) is 30.5 Å². The summed E-state index contributed by atoms with van der Waals surface area (Å²) in [6, 6.07) is 7.32. The third-order valence-corrected chi connectivity index (χ3v) is 2.61. The quantitative estimate of drug-likeness (QED) is 0.574. The van der Waals surface area contributed by atoms with Gasteiger partial charge < -0.3 is 15.2 Å². The molecule has 0 bridgehead atoms. The van der Waals surface area contributed by atoms with Crippen molar-refractivity contribution in [2.45, 2.75) is 32.3 Å². The van der Waals surface area contributed by atoms with Crippen LogP contribution >= 0.6 is 0 Å². The Morgan fingerprint density at radius 3 is 2.32 bits per heavy atom. The average molecular weight is 265 g/mol. The van der Waals surface area contributed by atoms with E-state index in [1.54, 1.807) is 7.11 Å². The number of carbonyl (C=O) groups is 2. The Morgan fingerprint density at radius 1 is 1.11 bits per heavy atom. The smallest absolute Gasteiger partial charge is 0.306 e. The fourth-order valence-electron chi connectivity index (χ4n) is 1.53. The molecule has 104 valence electrons. The molecular weight excluding hydrogens is 246 g/mol. The lowest BCUT2D eigenvalue weighted by Gasteiger charge is -2.05. The summed E-state index contributed by atoms with van der Waals surface area (Å²) in [7, 11) is 1.60. The fourth-order valence-corrected chi connectivity index (χ4v) is 1.53. The number of hydrogen-bond donors (Lipinski definition) is 1. The van der Waals surface area contributed by atoms with Crippen molar-refractivity contribution in [2.24, 2.45) is 5.73 Å². The average Bonchev–Trinajstić information content (AvgIpc) is 2.41. The van der Waals surface area contributed by atoms with Crippen LogP contribution in [0.25, 0.3) is 0 Å². The molecule has 0 aromatic heterocycles. The van der Waals surface area contributed by atoms with Crippen LogP contribution in [-0.2, 0) is 20.9 Å². The van der Waals surface area contributed by atoms with E-state index in [1.807, 2.05) is 24.3 Å². The van der Waals surface area contributed by atoms with Gasteiger partial charge in [0.25, 0.3) is 0 Å². The Balaban J connectivity index is 2.20. The highest BCUT2D eigenvalue weighted by Crippen LogP contribution is 2.12. The first-order valence-electron chi connectivity index (χ1n) is 6.18. The van der Waals surface area contributed by atoms with Crippen LogP contribution in [0.15, 0.2) is 24.3 Å². The highest BCUT2D eigenvalue weighted by molar-refractivity contribution is 5.73. The zero-order chi connectivity index (χ0) is 14.1. The Labute approximate surface area is 112 Å². The number of amides is 1. The van der Waals surface area contributed by atoms with E-state index >= 15 is 0 Å². The van der Waals surface area contributed by atoms with Crippen LogP contribution in [-0.4, -0.2) is 19.0 Å². The Morgan fingerprint density at radius 2 is 1.74 bits per heavy atom. The van der Waals surface area contributed by atoms with E-state index in [0.717, 1.165) is 11.3 Å². The molecule has 0 heterocycles. The summed E-state index contributed by atoms with van der Waals surface area (Å²) in [6.45, 7) is 0.249. The first-order chi connectivity index (χ1) is 9.11. The highest BCUT2D eigenvalue weighted by Gasteiger charge is 2.04. The Bertz CT molecular complexity index is 414. The van der Waals surface area contributed by atoms with Gasteiger partial charge in [-0.15, -0.1) is 0 Å². The summed E-state index contributed by atoms with van der Waals surface area (Å²) in [5, 5.41) is 0. The van der Waals surface area contributed by atoms with Gasteiger partial charge in [0.2, 0.25) is 5.91 Å². The van der Waals surface area contributed by atoms with Crippen molar-refractivity contribution in [3.05, 3.63) is 29.8 Å². The third kappa shape index (κ3) is 6.45. The summed E-state index contributed by atoms with van der Waals surface area (Å²) < 4.78 is 10.1. The van der Waals surface area contributed by atoms with Gasteiger partial charge in [-0.25, -0.2) is 0 Å². The summed E-state index contributed by atoms with van der Waals surface area (Å²) in [5.74, 6) is 0.161. The topological polar surface area (TPSA) is 78.6 Å². The molecule has 0 radical (unpaired) electrons. The lowest BCUT2D eigenvalue weighted by Crippen LogP contribution is -2.10. The molecule has 0 atom stereocenters. The van der Waals surface area contributed by atoms with Gasteiger partial charge in [0.1, 0.15) is 12.4 Å². The molecule has 0 fully saturated rings. The maximum Gasteiger partial charge on any atom is 0.306 e. The molecular formula is C14H19NO4. The molecule has 0 spiro atoms. The number of benzene rings is 1. The van der Waals surface area contributed by atoms with Gasteiger partial charge in [0.15, 0.2) is 0 Å². The molecule has 0 aliphatic rings. The number of hydrogen-bond acceptors (Lipinski definition) is 4. The van der Waals surface area contributed by atoms with E-state index in [2.05, 4.69) is 0 Å². The number of nitrogens with two attached hydrogens (primary N) is 1. The zero-order valence-electron chi connectivity index (χ0n) is 11.1. The molecule has 1 aromatic rings. The number of rotatable bonds is 8. The van der Waals surface area contributed by atoms with Crippen LogP contribution in [0.1, 0.15) is 31.2 Å². The molecule has 19 heavy (non-hydrogen) atoms. The molecule has 0 aliphatic carbocycles. The van der Waals surface area contributed by atoms with Crippen LogP contribution < -0.4 is 10.5 Å². The fraction of sp³-hybridized carbons (Fsp3) is 0.429. The van der Waals surface area contributed by atoms with Crippen molar-refractivity contribution in [1.82, 2.24) is 0 Å². The van der Waals surface area contributed by atoms with Crippen molar-refractivity contribution in [3.63, 3.8) is 0 Å². The first-order valence-corrected chi connectivity index (χ1v) is 6.18. The number of carbonyl (C=O) groups excluding carboxylic acids is 2. The minimum atomic E-state index is -0.341. The van der Waals surface area contributed by atoms with E-state index in [9.17, 15) is 9.59 Å². The summed E-state index contributed by atoms with van der Waals surface area (Å²) in [6.07, 6.45) is 1.85. The second kappa shape index (κ2) is 8.13. The number of ether oxygens (including phenoxy) is 2. The van der Waals surface area contributed by atoms with E-state index in [0.29, 0.717) is 25.7 Å². The molecule has 0 unspecified atom stereocenters. The van der Waals surface area contributed by atoms with Gasteiger partial charge in [-0.1, -0.05) is 12.1 Å². The van der Waals surface area contributed by atoms with Gasteiger partial charge in [-0.2, -0.15) is 0 Å². The van der Waals surface area contributed by atoms with Crippen LogP contribution in [0.4, 0.5) is 0 Å². The molecule has 1 amide bonds. The van der Waals surface area contributed by atoms with Crippen molar-refractivity contribution in [1.29, 1.82) is 0 Å². The Kier molecular flexibility index (Phi) is 6.43. The van der Waals surface area contributed by atoms with Crippen molar-refractivity contribution < 1.29 is 19.1 Å². The predicted molar refractivity (Wildman–Crippen MR) is 70.5 cm³/mol. The molecule has 5 nitrogen and oxygen atoms in total. The molecule has 1 aromatic carbocycles. The maximum absolute atomic E-state index is 11.4. The van der Waals surface area contributed by atoms with Crippen molar-refractivity contribution in [2.75, 3.05) is 7.11 Å². The summed E-state index contributed by atoms with van der Waals surface area (Å²) in [4.78, 5) is 21.9. The second-order valence-electron chi connectivity index (χ2n) is 4.18.